The van der Waals surface area contributed by atoms with E-state index in [1.165, 1.54) is 0 Å². The normalized spacial score (nSPS) is 25.6. The molecule has 3 atom stereocenters. The van der Waals surface area contributed by atoms with Gasteiger partial charge in [-0.05, 0) is 44.7 Å². The average molecular weight is 355 g/mol. The molecule has 0 radical (unpaired) electrons. The molecule has 1 fully saturated rings. The molecule has 0 bridgehead atoms. The summed E-state index contributed by atoms with van der Waals surface area (Å²) in [7, 11) is 0. The van der Waals surface area contributed by atoms with Crippen LogP contribution in [0.4, 0.5) is 4.79 Å². The van der Waals surface area contributed by atoms with Gasteiger partial charge in [-0.1, -0.05) is 42.5 Å². The lowest BCUT2D eigenvalue weighted by molar-refractivity contribution is 0.0448. The fraction of sp³-hybridized carbons (Fsp3) is 0.476. The van der Waals surface area contributed by atoms with Crippen LogP contribution < -0.4 is 11.1 Å². The number of carbonyl (C=O) groups is 1. The van der Waals surface area contributed by atoms with Crippen molar-refractivity contribution >= 4 is 11.8 Å². The van der Waals surface area contributed by atoms with E-state index in [0.717, 1.165) is 30.5 Å². The molecule has 5 heteroatoms. The van der Waals surface area contributed by atoms with Crippen LogP contribution in [0.2, 0.25) is 0 Å². The number of hydrogen-bond acceptors (Lipinski definition) is 4. The molecule has 140 valence electrons. The predicted molar refractivity (Wildman–Crippen MR) is 104 cm³/mol. The number of dihydropyridines is 1. The number of piperidine rings is 1. The van der Waals surface area contributed by atoms with E-state index in [0.29, 0.717) is 6.54 Å². The minimum atomic E-state index is -0.251. The molecule has 0 spiro atoms. The summed E-state index contributed by atoms with van der Waals surface area (Å²) in [5.74, 6) is 0. The Bertz CT molecular complexity index is 669. The second kappa shape index (κ2) is 8.41. The molecule has 3 unspecified atom stereocenters. The lowest BCUT2D eigenvalue weighted by Gasteiger charge is -2.41. The van der Waals surface area contributed by atoms with Gasteiger partial charge >= 0.3 is 6.09 Å². The SMILES string of the molecule is CC(C)OC(=O)N1CCCC(N)C1CC1C=CC=C(c2ccccc2)N1. The number of nitrogens with two attached hydrogens (primary N) is 1. The largest absolute Gasteiger partial charge is 0.447 e. The van der Waals surface area contributed by atoms with Gasteiger partial charge in [0.1, 0.15) is 0 Å². The van der Waals surface area contributed by atoms with Gasteiger partial charge in [0.2, 0.25) is 0 Å². The Morgan fingerprint density at radius 3 is 2.85 bits per heavy atom. The highest BCUT2D eigenvalue weighted by Crippen LogP contribution is 2.24. The van der Waals surface area contributed by atoms with Gasteiger partial charge in [-0.15, -0.1) is 0 Å². The third-order valence-corrected chi connectivity index (χ3v) is 4.93. The van der Waals surface area contributed by atoms with Gasteiger partial charge < -0.3 is 20.7 Å². The van der Waals surface area contributed by atoms with Crippen molar-refractivity contribution < 1.29 is 9.53 Å². The topological polar surface area (TPSA) is 67.6 Å². The highest BCUT2D eigenvalue weighted by molar-refractivity contribution is 5.69. The quantitative estimate of drug-likeness (QED) is 0.870. The van der Waals surface area contributed by atoms with Crippen LogP contribution >= 0.6 is 0 Å². The van der Waals surface area contributed by atoms with Crippen molar-refractivity contribution in [3.05, 3.63) is 54.1 Å². The molecule has 2 aliphatic heterocycles. The molecular formula is C21H29N3O2. The molecule has 0 saturated carbocycles. The van der Waals surface area contributed by atoms with Crippen molar-refractivity contribution in [1.82, 2.24) is 10.2 Å². The zero-order valence-electron chi connectivity index (χ0n) is 15.6. The number of nitrogens with one attached hydrogen (secondary N) is 1. The summed E-state index contributed by atoms with van der Waals surface area (Å²) in [5.41, 5.74) is 8.64. The van der Waals surface area contributed by atoms with E-state index >= 15 is 0 Å². The van der Waals surface area contributed by atoms with E-state index in [4.69, 9.17) is 10.5 Å². The molecule has 3 N–H and O–H groups in total. The van der Waals surface area contributed by atoms with Gasteiger partial charge in [-0.2, -0.15) is 0 Å². The molecule has 1 saturated heterocycles. The summed E-state index contributed by atoms with van der Waals surface area (Å²) < 4.78 is 5.43. The first kappa shape index (κ1) is 18.5. The molecule has 0 aromatic heterocycles. The van der Waals surface area contributed by atoms with E-state index < -0.39 is 0 Å². The van der Waals surface area contributed by atoms with E-state index in [1.54, 1.807) is 0 Å². The summed E-state index contributed by atoms with van der Waals surface area (Å²) in [6.07, 6.45) is 8.56. The maximum Gasteiger partial charge on any atom is 0.410 e. The lowest BCUT2D eigenvalue weighted by Crippen LogP contribution is -2.56. The number of nitrogens with zero attached hydrogens (tertiary/aromatic N) is 1. The van der Waals surface area contributed by atoms with E-state index in [2.05, 4.69) is 35.7 Å². The lowest BCUT2D eigenvalue weighted by atomic mass is 9.90. The number of rotatable bonds is 4. The fourth-order valence-electron chi connectivity index (χ4n) is 3.66. The van der Waals surface area contributed by atoms with Crippen molar-refractivity contribution in [3.63, 3.8) is 0 Å². The van der Waals surface area contributed by atoms with Crippen LogP contribution in [-0.4, -0.2) is 41.8 Å². The van der Waals surface area contributed by atoms with Gasteiger partial charge in [-0.3, -0.25) is 0 Å². The van der Waals surface area contributed by atoms with Crippen LogP contribution in [0.1, 0.15) is 38.7 Å². The molecule has 3 rings (SSSR count). The number of benzene rings is 1. The monoisotopic (exact) mass is 355 g/mol. The van der Waals surface area contributed by atoms with Gasteiger partial charge in [0.05, 0.1) is 12.1 Å². The minimum Gasteiger partial charge on any atom is -0.447 e. The second-order valence-electron chi connectivity index (χ2n) is 7.32. The van der Waals surface area contributed by atoms with E-state index in [1.807, 2.05) is 36.9 Å². The van der Waals surface area contributed by atoms with Crippen molar-refractivity contribution in [2.75, 3.05) is 6.54 Å². The molecule has 26 heavy (non-hydrogen) atoms. The summed E-state index contributed by atoms with van der Waals surface area (Å²) >= 11 is 0. The third kappa shape index (κ3) is 4.47. The van der Waals surface area contributed by atoms with Crippen LogP contribution in [0.15, 0.2) is 48.6 Å². The van der Waals surface area contributed by atoms with Gasteiger partial charge in [0, 0.05) is 24.3 Å². The fourth-order valence-corrected chi connectivity index (χ4v) is 3.66. The van der Waals surface area contributed by atoms with Gasteiger partial charge in [-0.25, -0.2) is 4.79 Å². The molecule has 0 aliphatic carbocycles. The first-order valence-electron chi connectivity index (χ1n) is 9.48. The second-order valence-corrected chi connectivity index (χ2v) is 7.32. The third-order valence-electron chi connectivity index (χ3n) is 4.93. The molecule has 2 aliphatic rings. The standard InChI is InChI=1S/C21H29N3O2/c1-15(2)26-21(25)24-13-7-11-18(22)20(24)14-17-10-6-12-19(23-17)16-8-4-3-5-9-16/h3-6,8-10,12,15,17-18,20,23H,7,11,13-14,22H2,1-2H3. The van der Waals surface area contributed by atoms with Crippen molar-refractivity contribution in [1.29, 1.82) is 0 Å². The summed E-state index contributed by atoms with van der Waals surface area (Å²) in [6.45, 7) is 4.46. The van der Waals surface area contributed by atoms with Crippen LogP contribution in [0.5, 0.6) is 0 Å². The van der Waals surface area contributed by atoms with Crippen LogP contribution in [0.3, 0.4) is 0 Å². The van der Waals surface area contributed by atoms with E-state index in [9.17, 15) is 4.79 Å². The maximum absolute atomic E-state index is 12.5. The van der Waals surface area contributed by atoms with Gasteiger partial charge in [0.25, 0.3) is 0 Å². The van der Waals surface area contributed by atoms with Crippen LogP contribution in [0.25, 0.3) is 5.70 Å². The van der Waals surface area contributed by atoms with Crippen molar-refractivity contribution in [3.8, 4) is 0 Å². The first-order valence-corrected chi connectivity index (χ1v) is 9.48. The Morgan fingerprint density at radius 1 is 1.35 bits per heavy atom. The zero-order chi connectivity index (χ0) is 18.5. The molecule has 1 amide bonds. The summed E-state index contributed by atoms with van der Waals surface area (Å²) in [5, 5.41) is 3.58. The maximum atomic E-state index is 12.5. The number of ether oxygens (including phenoxy) is 1. The number of allylic oxidation sites excluding steroid dienone is 2. The van der Waals surface area contributed by atoms with Gasteiger partial charge in [0.15, 0.2) is 0 Å². The van der Waals surface area contributed by atoms with Crippen LogP contribution in [-0.2, 0) is 4.74 Å². The number of amides is 1. The molecule has 1 aromatic rings. The smallest absolute Gasteiger partial charge is 0.410 e. The minimum absolute atomic E-state index is 0.0210. The molecular weight excluding hydrogens is 326 g/mol. The molecule has 2 heterocycles. The number of carbonyl (C=O) groups excluding carboxylic acids is 1. The number of hydrogen-bond donors (Lipinski definition) is 2. The van der Waals surface area contributed by atoms with E-state index in [-0.39, 0.29) is 30.3 Å². The Balaban J connectivity index is 1.68. The van der Waals surface area contributed by atoms with Crippen LogP contribution in [0, 0.1) is 0 Å². The summed E-state index contributed by atoms with van der Waals surface area (Å²) in [6, 6.07) is 10.4. The highest BCUT2D eigenvalue weighted by atomic mass is 16.6. The Hall–Kier alpha value is -2.27. The van der Waals surface area contributed by atoms with Crippen molar-refractivity contribution in [2.24, 2.45) is 5.73 Å². The summed E-state index contributed by atoms with van der Waals surface area (Å²) in [4.78, 5) is 14.3. The number of likely N-dealkylation sites (tertiary alicyclic amines) is 1. The Kier molecular flexibility index (Phi) is 5.99. The highest BCUT2D eigenvalue weighted by Gasteiger charge is 2.35. The predicted octanol–water partition coefficient (Wildman–Crippen LogP) is 3.28. The van der Waals surface area contributed by atoms with Crippen molar-refractivity contribution in [2.45, 2.75) is 57.3 Å². The average Bonchev–Trinajstić information content (AvgIpc) is 2.64. The zero-order valence-corrected chi connectivity index (χ0v) is 15.6. The Morgan fingerprint density at radius 2 is 2.12 bits per heavy atom. The Labute approximate surface area is 155 Å². The molecule has 1 aromatic carbocycles. The first-order chi connectivity index (χ1) is 12.5. The molecule has 5 nitrogen and oxygen atoms in total.